The Morgan fingerprint density at radius 2 is 1.63 bits per heavy atom. The Bertz CT molecular complexity index is 1140. The van der Waals surface area contributed by atoms with E-state index in [1.54, 1.807) is 24.3 Å². The average molecular weight is 407 g/mol. The van der Waals surface area contributed by atoms with Gasteiger partial charge in [-0.3, -0.25) is 4.79 Å². The molecule has 0 aliphatic heterocycles. The Morgan fingerprint density at radius 1 is 1.07 bits per heavy atom. The first kappa shape index (κ1) is 21.8. The van der Waals surface area contributed by atoms with Gasteiger partial charge in [-0.2, -0.15) is 5.10 Å². The quantitative estimate of drug-likeness (QED) is 0.555. The summed E-state index contributed by atoms with van der Waals surface area (Å²) in [4.78, 5) is 25.6. The maximum absolute atomic E-state index is 13.0. The monoisotopic (exact) mass is 406 g/mol. The molecule has 5 nitrogen and oxygen atoms in total. The number of carbonyl (C=O) groups excluding carboxylic acids is 1. The van der Waals surface area contributed by atoms with Crippen LogP contribution in [-0.2, 0) is 16.8 Å². The van der Waals surface area contributed by atoms with Crippen LogP contribution in [0.5, 0.6) is 0 Å². The molecule has 0 bridgehead atoms. The lowest BCUT2D eigenvalue weighted by atomic mass is 9.84. The van der Waals surface area contributed by atoms with Gasteiger partial charge in [-0.25, -0.2) is 9.48 Å². The summed E-state index contributed by atoms with van der Waals surface area (Å²) in [6, 6.07) is 11.2. The van der Waals surface area contributed by atoms with E-state index in [4.69, 9.17) is 4.74 Å². The van der Waals surface area contributed by atoms with Gasteiger partial charge in [0.05, 0.1) is 11.4 Å². The van der Waals surface area contributed by atoms with Gasteiger partial charge in [0.25, 0.3) is 5.56 Å². The lowest BCUT2D eigenvalue weighted by molar-refractivity contribution is 0.0464. The fourth-order valence-electron chi connectivity index (χ4n) is 3.57. The number of esters is 1. The molecule has 5 heteroatoms. The minimum Gasteiger partial charge on any atom is -0.456 e. The van der Waals surface area contributed by atoms with Gasteiger partial charge in [0.2, 0.25) is 0 Å². The molecule has 0 aliphatic carbocycles. The van der Waals surface area contributed by atoms with E-state index in [2.05, 4.69) is 38.0 Å². The van der Waals surface area contributed by atoms with Gasteiger partial charge >= 0.3 is 5.97 Å². The fourth-order valence-corrected chi connectivity index (χ4v) is 3.57. The van der Waals surface area contributed by atoms with Crippen LogP contribution in [0.1, 0.15) is 73.4 Å². The molecular weight excluding hydrogens is 376 g/mol. The first-order valence-electron chi connectivity index (χ1n) is 10.3. The molecule has 0 radical (unpaired) electrons. The normalized spacial score (nSPS) is 11.9. The highest BCUT2D eigenvalue weighted by atomic mass is 16.5. The molecule has 0 atom stereocenters. The second-order valence-electron chi connectivity index (χ2n) is 9.15. The van der Waals surface area contributed by atoms with Crippen LogP contribution < -0.4 is 5.56 Å². The van der Waals surface area contributed by atoms with Crippen molar-refractivity contribution in [3.8, 4) is 0 Å². The molecule has 3 aromatic rings. The summed E-state index contributed by atoms with van der Waals surface area (Å²) in [6.07, 6.45) is 0. The van der Waals surface area contributed by atoms with Gasteiger partial charge < -0.3 is 4.74 Å². The van der Waals surface area contributed by atoms with E-state index in [9.17, 15) is 9.59 Å². The number of rotatable bonds is 4. The smallest absolute Gasteiger partial charge is 0.359 e. The summed E-state index contributed by atoms with van der Waals surface area (Å²) < 4.78 is 7.01. The number of nitrogens with zero attached hydrogens (tertiary/aromatic N) is 2. The molecule has 158 valence electrons. The summed E-state index contributed by atoms with van der Waals surface area (Å²) in [7, 11) is 0. The Morgan fingerprint density at radius 3 is 2.17 bits per heavy atom. The molecule has 0 unspecified atom stereocenters. The molecule has 0 saturated carbocycles. The largest absolute Gasteiger partial charge is 0.456 e. The van der Waals surface area contributed by atoms with E-state index in [0.717, 1.165) is 16.7 Å². The van der Waals surface area contributed by atoms with Crippen LogP contribution in [0.25, 0.3) is 10.8 Å². The Kier molecular flexibility index (Phi) is 5.84. The molecule has 0 amide bonds. The van der Waals surface area contributed by atoms with Crippen LogP contribution in [0.3, 0.4) is 0 Å². The molecule has 3 rings (SSSR count). The third-order valence-electron chi connectivity index (χ3n) is 5.42. The van der Waals surface area contributed by atoms with Gasteiger partial charge in [0.1, 0.15) is 6.61 Å². The number of benzene rings is 2. The van der Waals surface area contributed by atoms with E-state index in [1.807, 2.05) is 27.7 Å². The predicted octanol–water partition coefficient (Wildman–Crippen LogP) is 5.25. The zero-order valence-electron chi connectivity index (χ0n) is 18.9. The van der Waals surface area contributed by atoms with E-state index in [0.29, 0.717) is 10.8 Å². The number of aromatic nitrogens is 2. The minimum atomic E-state index is -0.528. The SMILES string of the molecule is Cc1cc(C(C)(C)C)cc(C)c1COC(=O)c1nn(C(C)C)c(=O)c2ccccc12. The first-order valence-corrected chi connectivity index (χ1v) is 10.3. The van der Waals surface area contributed by atoms with Crippen molar-refractivity contribution in [2.75, 3.05) is 0 Å². The third-order valence-corrected chi connectivity index (χ3v) is 5.42. The predicted molar refractivity (Wildman–Crippen MR) is 120 cm³/mol. The summed E-state index contributed by atoms with van der Waals surface area (Å²) in [5.74, 6) is -0.528. The van der Waals surface area contributed by atoms with Crippen LogP contribution in [0.2, 0.25) is 0 Å². The molecule has 1 aromatic heterocycles. The molecule has 0 spiro atoms. The highest BCUT2D eigenvalue weighted by molar-refractivity contribution is 6.02. The molecule has 0 N–H and O–H groups in total. The summed E-state index contributed by atoms with van der Waals surface area (Å²) in [5.41, 5.74) is 4.46. The van der Waals surface area contributed by atoms with Gasteiger partial charge in [0.15, 0.2) is 5.69 Å². The van der Waals surface area contributed by atoms with Crippen LogP contribution in [0.15, 0.2) is 41.2 Å². The van der Waals surface area contributed by atoms with Crippen LogP contribution in [0.4, 0.5) is 0 Å². The molecule has 1 heterocycles. The van der Waals surface area contributed by atoms with Crippen molar-refractivity contribution >= 4 is 16.7 Å². The van der Waals surface area contributed by atoms with Gasteiger partial charge in [-0.05, 0) is 61.4 Å². The lowest BCUT2D eigenvalue weighted by Crippen LogP contribution is -2.28. The third kappa shape index (κ3) is 4.16. The van der Waals surface area contributed by atoms with Gasteiger partial charge in [-0.15, -0.1) is 0 Å². The number of fused-ring (bicyclic) bond motifs is 1. The van der Waals surface area contributed by atoms with Crippen molar-refractivity contribution in [3.05, 3.63) is 74.7 Å². The standard InChI is InChI=1S/C25H30N2O3/c1-15(2)27-23(28)20-11-9-8-10-19(20)22(26-27)24(29)30-14-21-16(3)12-18(13-17(21)4)25(5,6)7/h8-13,15H,14H2,1-7H3. The topological polar surface area (TPSA) is 61.2 Å². The van der Waals surface area contributed by atoms with Crippen molar-refractivity contribution in [1.82, 2.24) is 9.78 Å². The van der Waals surface area contributed by atoms with E-state index in [1.165, 1.54) is 10.2 Å². The summed E-state index contributed by atoms with van der Waals surface area (Å²) in [6.45, 7) is 14.5. The average Bonchev–Trinajstić information content (AvgIpc) is 2.66. The second-order valence-corrected chi connectivity index (χ2v) is 9.15. The van der Waals surface area contributed by atoms with E-state index >= 15 is 0 Å². The van der Waals surface area contributed by atoms with Crippen molar-refractivity contribution in [1.29, 1.82) is 0 Å². The first-order chi connectivity index (χ1) is 14.0. The molecule has 0 saturated heterocycles. The van der Waals surface area contributed by atoms with Gasteiger partial charge in [-0.1, -0.05) is 51.1 Å². The van der Waals surface area contributed by atoms with Crippen LogP contribution in [-0.4, -0.2) is 15.7 Å². The highest BCUT2D eigenvalue weighted by Gasteiger charge is 2.21. The number of ether oxygens (including phenoxy) is 1. The van der Waals surface area contributed by atoms with Gasteiger partial charge in [0, 0.05) is 5.39 Å². The summed E-state index contributed by atoms with van der Waals surface area (Å²) >= 11 is 0. The molecular formula is C25H30N2O3. The van der Waals surface area contributed by atoms with Crippen molar-refractivity contribution in [3.63, 3.8) is 0 Å². The van der Waals surface area contributed by atoms with Crippen molar-refractivity contribution < 1.29 is 9.53 Å². The maximum Gasteiger partial charge on any atom is 0.359 e. The lowest BCUT2D eigenvalue weighted by Gasteiger charge is -2.22. The van der Waals surface area contributed by atoms with E-state index in [-0.39, 0.29) is 29.3 Å². The number of carbonyl (C=O) groups is 1. The van der Waals surface area contributed by atoms with E-state index < -0.39 is 5.97 Å². The zero-order chi connectivity index (χ0) is 22.2. The summed E-state index contributed by atoms with van der Waals surface area (Å²) in [5, 5.41) is 5.32. The molecule has 0 aliphatic rings. The minimum absolute atomic E-state index is 0.0537. The molecule has 30 heavy (non-hydrogen) atoms. The van der Waals surface area contributed by atoms with Crippen molar-refractivity contribution in [2.24, 2.45) is 0 Å². The van der Waals surface area contributed by atoms with Crippen LogP contribution in [0, 0.1) is 13.8 Å². The number of hydrogen-bond donors (Lipinski definition) is 0. The second kappa shape index (κ2) is 8.05. The molecule has 0 fully saturated rings. The highest BCUT2D eigenvalue weighted by Crippen LogP contribution is 2.27. The Labute approximate surface area is 177 Å². The Balaban J connectivity index is 1.96. The molecule has 2 aromatic carbocycles. The fraction of sp³-hybridized carbons (Fsp3) is 0.400. The number of aryl methyl sites for hydroxylation is 2. The number of hydrogen-bond acceptors (Lipinski definition) is 4. The Hall–Kier alpha value is -2.95. The maximum atomic E-state index is 13.0. The van der Waals surface area contributed by atoms with Crippen LogP contribution >= 0.6 is 0 Å². The van der Waals surface area contributed by atoms with Crippen molar-refractivity contribution in [2.45, 2.75) is 66.5 Å². The zero-order valence-corrected chi connectivity index (χ0v) is 18.9.